The van der Waals surface area contributed by atoms with Gasteiger partial charge in [0.2, 0.25) is 0 Å². The molecule has 25 heavy (non-hydrogen) atoms. The van der Waals surface area contributed by atoms with E-state index in [4.69, 9.17) is 9.47 Å². The number of benzene rings is 1. The summed E-state index contributed by atoms with van der Waals surface area (Å²) in [5.74, 6) is 2.28. The van der Waals surface area contributed by atoms with Gasteiger partial charge in [0, 0.05) is 37.6 Å². The fourth-order valence-corrected chi connectivity index (χ4v) is 4.15. The number of hydrogen-bond acceptors (Lipinski definition) is 3. The normalized spacial score (nSPS) is 24.8. The Morgan fingerprint density at radius 3 is 2.08 bits per heavy atom. The van der Waals surface area contributed by atoms with E-state index in [-0.39, 0.29) is 5.91 Å². The summed E-state index contributed by atoms with van der Waals surface area (Å²) in [7, 11) is 3.22. The van der Waals surface area contributed by atoms with Crippen LogP contribution < -0.4 is 14.4 Å². The van der Waals surface area contributed by atoms with Crippen molar-refractivity contribution in [3.63, 3.8) is 0 Å². The summed E-state index contributed by atoms with van der Waals surface area (Å²) >= 11 is 0. The zero-order valence-electron chi connectivity index (χ0n) is 15.7. The molecule has 5 heteroatoms. The van der Waals surface area contributed by atoms with Gasteiger partial charge in [-0.3, -0.25) is 4.79 Å². The number of piperidine rings is 2. The predicted octanol–water partition coefficient (Wildman–Crippen LogP) is 1.62. The lowest BCUT2D eigenvalue weighted by molar-refractivity contribution is -0.932. The summed E-state index contributed by atoms with van der Waals surface area (Å²) in [4.78, 5) is 16.6. The highest BCUT2D eigenvalue weighted by Crippen LogP contribution is 2.24. The van der Waals surface area contributed by atoms with Crippen molar-refractivity contribution in [1.82, 2.24) is 4.90 Å². The molecule has 0 unspecified atom stereocenters. The Morgan fingerprint density at radius 2 is 1.56 bits per heavy atom. The standard InChI is InChI=1S/C20H30N2O3/c1-15-4-8-21(9-5-15)17-6-10-22(11-7-17)20(23)16-12-18(24-2)14-19(13-16)25-3/h12-15,17H,4-11H2,1-3H3/p+1. The van der Waals surface area contributed by atoms with Crippen molar-refractivity contribution in [3.8, 4) is 11.5 Å². The van der Waals surface area contributed by atoms with E-state index in [9.17, 15) is 4.79 Å². The van der Waals surface area contributed by atoms with E-state index in [0.717, 1.165) is 37.9 Å². The Kier molecular flexibility index (Phi) is 5.84. The summed E-state index contributed by atoms with van der Waals surface area (Å²) in [5.41, 5.74) is 0.647. The van der Waals surface area contributed by atoms with Crippen LogP contribution in [0, 0.1) is 5.92 Å². The number of nitrogens with one attached hydrogen (secondary N) is 1. The van der Waals surface area contributed by atoms with Gasteiger partial charge in [-0.1, -0.05) is 6.92 Å². The molecule has 1 aromatic rings. The van der Waals surface area contributed by atoms with Crippen LogP contribution in [0.3, 0.4) is 0 Å². The average Bonchev–Trinajstić information content (AvgIpc) is 2.67. The van der Waals surface area contributed by atoms with Gasteiger partial charge in [-0.25, -0.2) is 0 Å². The summed E-state index contributed by atoms with van der Waals surface area (Å²) < 4.78 is 10.6. The predicted molar refractivity (Wildman–Crippen MR) is 97.6 cm³/mol. The molecule has 1 N–H and O–H groups in total. The molecule has 0 radical (unpaired) electrons. The molecule has 0 spiro atoms. The first-order chi connectivity index (χ1) is 12.1. The van der Waals surface area contributed by atoms with E-state index >= 15 is 0 Å². The largest absolute Gasteiger partial charge is 0.497 e. The molecule has 2 aliphatic rings. The lowest BCUT2D eigenvalue weighted by Gasteiger charge is -2.38. The second-order valence-corrected chi connectivity index (χ2v) is 7.51. The van der Waals surface area contributed by atoms with E-state index in [0.29, 0.717) is 17.1 Å². The number of nitrogens with zero attached hydrogens (tertiary/aromatic N) is 1. The second-order valence-electron chi connectivity index (χ2n) is 7.51. The molecule has 5 nitrogen and oxygen atoms in total. The lowest BCUT2D eigenvalue weighted by Crippen LogP contribution is -3.17. The van der Waals surface area contributed by atoms with Crippen molar-refractivity contribution in [2.45, 2.75) is 38.6 Å². The van der Waals surface area contributed by atoms with Gasteiger partial charge in [-0.05, 0) is 30.9 Å². The van der Waals surface area contributed by atoms with E-state index in [1.54, 1.807) is 37.3 Å². The summed E-state index contributed by atoms with van der Waals surface area (Å²) in [6, 6.07) is 6.11. The number of methoxy groups -OCH3 is 2. The molecule has 0 atom stereocenters. The maximum absolute atomic E-state index is 12.9. The number of amides is 1. The van der Waals surface area contributed by atoms with Gasteiger partial charge >= 0.3 is 0 Å². The van der Waals surface area contributed by atoms with Crippen LogP contribution in [0.5, 0.6) is 11.5 Å². The number of hydrogen-bond donors (Lipinski definition) is 1. The molecule has 2 aliphatic heterocycles. The number of quaternary nitrogens is 1. The first-order valence-electron chi connectivity index (χ1n) is 9.47. The maximum atomic E-state index is 12.9. The van der Waals surface area contributed by atoms with Crippen LogP contribution in [0.2, 0.25) is 0 Å². The highest BCUT2D eigenvalue weighted by Gasteiger charge is 2.32. The van der Waals surface area contributed by atoms with Crippen LogP contribution in [-0.2, 0) is 0 Å². The topological polar surface area (TPSA) is 43.2 Å². The van der Waals surface area contributed by atoms with E-state index < -0.39 is 0 Å². The Morgan fingerprint density at radius 1 is 1.00 bits per heavy atom. The molecular formula is C20H31N2O3+. The lowest BCUT2D eigenvalue weighted by atomic mass is 9.94. The molecule has 138 valence electrons. The Balaban J connectivity index is 1.60. The van der Waals surface area contributed by atoms with Gasteiger partial charge in [-0.2, -0.15) is 0 Å². The molecule has 0 aliphatic carbocycles. The second kappa shape index (κ2) is 8.09. The molecule has 0 saturated carbocycles. The fraction of sp³-hybridized carbons (Fsp3) is 0.650. The number of likely N-dealkylation sites (tertiary alicyclic amines) is 2. The summed E-state index contributed by atoms with van der Waals surface area (Å²) in [6.07, 6.45) is 4.91. The van der Waals surface area contributed by atoms with E-state index in [1.807, 2.05) is 4.90 Å². The first kappa shape index (κ1) is 18.1. The van der Waals surface area contributed by atoms with Gasteiger partial charge in [0.25, 0.3) is 5.91 Å². The van der Waals surface area contributed by atoms with Crippen LogP contribution in [0.1, 0.15) is 43.0 Å². The molecule has 2 fully saturated rings. The quantitative estimate of drug-likeness (QED) is 0.900. The SMILES string of the molecule is COc1cc(OC)cc(C(=O)N2CCC([NH+]3CCC(C)CC3)CC2)c1. The third kappa shape index (κ3) is 4.27. The molecule has 2 heterocycles. The van der Waals surface area contributed by atoms with Crippen molar-refractivity contribution < 1.29 is 19.2 Å². The average molecular weight is 347 g/mol. The van der Waals surface area contributed by atoms with Crippen LogP contribution in [0.25, 0.3) is 0 Å². The number of carbonyl (C=O) groups is 1. The van der Waals surface area contributed by atoms with Gasteiger partial charge < -0.3 is 19.3 Å². The molecule has 1 aromatic carbocycles. The zero-order chi connectivity index (χ0) is 17.8. The Bertz CT molecular complexity index is 566. The number of rotatable bonds is 4. The van der Waals surface area contributed by atoms with Crippen molar-refractivity contribution in [2.75, 3.05) is 40.4 Å². The minimum Gasteiger partial charge on any atom is -0.497 e. The van der Waals surface area contributed by atoms with Gasteiger partial charge in [-0.15, -0.1) is 0 Å². The molecule has 2 saturated heterocycles. The summed E-state index contributed by atoms with van der Waals surface area (Å²) in [6.45, 7) is 6.66. The van der Waals surface area contributed by atoms with Crippen LogP contribution in [-0.4, -0.2) is 57.2 Å². The van der Waals surface area contributed by atoms with Gasteiger partial charge in [0.1, 0.15) is 11.5 Å². The third-order valence-electron chi connectivity index (χ3n) is 5.87. The van der Waals surface area contributed by atoms with Crippen LogP contribution >= 0.6 is 0 Å². The van der Waals surface area contributed by atoms with E-state index in [2.05, 4.69) is 6.92 Å². The highest BCUT2D eigenvalue weighted by atomic mass is 16.5. The van der Waals surface area contributed by atoms with Gasteiger partial charge in [0.05, 0.1) is 33.4 Å². The minimum absolute atomic E-state index is 0.0814. The van der Waals surface area contributed by atoms with Crippen molar-refractivity contribution >= 4 is 5.91 Å². The summed E-state index contributed by atoms with van der Waals surface area (Å²) in [5, 5.41) is 0. The zero-order valence-corrected chi connectivity index (χ0v) is 15.7. The fourth-order valence-electron chi connectivity index (χ4n) is 4.15. The van der Waals surface area contributed by atoms with Crippen molar-refractivity contribution in [1.29, 1.82) is 0 Å². The third-order valence-corrected chi connectivity index (χ3v) is 5.87. The first-order valence-corrected chi connectivity index (χ1v) is 9.47. The molecular weight excluding hydrogens is 316 g/mol. The van der Waals surface area contributed by atoms with Crippen molar-refractivity contribution in [3.05, 3.63) is 23.8 Å². The monoisotopic (exact) mass is 347 g/mol. The molecule has 1 amide bonds. The highest BCUT2D eigenvalue weighted by molar-refractivity contribution is 5.95. The maximum Gasteiger partial charge on any atom is 0.254 e. The number of carbonyl (C=O) groups excluding carboxylic acids is 1. The van der Waals surface area contributed by atoms with Gasteiger partial charge in [0.15, 0.2) is 0 Å². The Labute approximate surface area is 150 Å². The van der Waals surface area contributed by atoms with E-state index in [1.165, 1.54) is 25.9 Å². The molecule has 3 rings (SSSR count). The number of ether oxygens (including phenoxy) is 2. The molecule has 0 aromatic heterocycles. The van der Waals surface area contributed by atoms with Crippen LogP contribution in [0.4, 0.5) is 0 Å². The minimum atomic E-state index is 0.0814. The van der Waals surface area contributed by atoms with Crippen molar-refractivity contribution in [2.24, 2.45) is 5.92 Å². The smallest absolute Gasteiger partial charge is 0.254 e. The Hall–Kier alpha value is -1.75. The van der Waals surface area contributed by atoms with Crippen LogP contribution in [0.15, 0.2) is 18.2 Å². The molecule has 0 bridgehead atoms.